The van der Waals surface area contributed by atoms with E-state index in [9.17, 15) is 4.79 Å². The van der Waals surface area contributed by atoms with Gasteiger partial charge >= 0.3 is 0 Å². The van der Waals surface area contributed by atoms with Crippen LogP contribution in [0.1, 0.15) is 15.9 Å². The molecule has 0 aliphatic carbocycles. The van der Waals surface area contributed by atoms with E-state index in [2.05, 4.69) is 20.7 Å². The molecule has 3 rings (SSSR count). The third kappa shape index (κ3) is 2.66. The van der Waals surface area contributed by atoms with Crippen molar-refractivity contribution in [3.8, 4) is 0 Å². The lowest BCUT2D eigenvalue weighted by Gasteiger charge is -2.05. The van der Waals surface area contributed by atoms with E-state index in [1.54, 1.807) is 18.2 Å². The van der Waals surface area contributed by atoms with Crippen LogP contribution in [0.3, 0.4) is 0 Å². The van der Waals surface area contributed by atoms with Crippen LogP contribution in [-0.2, 0) is 6.42 Å². The lowest BCUT2D eigenvalue weighted by molar-refractivity contribution is 0.0954. The van der Waals surface area contributed by atoms with Crippen molar-refractivity contribution >= 4 is 16.9 Å². The summed E-state index contributed by atoms with van der Waals surface area (Å²) in [5, 5.41) is 13.3. The third-order valence-electron chi connectivity index (χ3n) is 3.13. The highest BCUT2D eigenvalue weighted by Gasteiger charge is 2.07. The van der Waals surface area contributed by atoms with Gasteiger partial charge < -0.3 is 5.32 Å². The van der Waals surface area contributed by atoms with Gasteiger partial charge in [0, 0.05) is 12.1 Å². The molecule has 3 aromatic rings. The molecule has 20 heavy (non-hydrogen) atoms. The maximum atomic E-state index is 12.0. The van der Waals surface area contributed by atoms with E-state index in [0.717, 1.165) is 11.9 Å². The molecule has 0 aliphatic rings. The molecule has 1 amide bonds. The van der Waals surface area contributed by atoms with Gasteiger partial charge in [0.1, 0.15) is 5.52 Å². The standard InChI is InChI=1S/C15H14N4O/c20-15(16-9-8-11-4-2-1-3-5-11)12-6-7-13-14(10-12)18-19-17-13/h1-7,10H,8-9H2,(H,16,20)(H,17,18,19). The van der Waals surface area contributed by atoms with E-state index in [0.29, 0.717) is 17.6 Å². The molecular formula is C15H14N4O. The number of carbonyl (C=O) groups excluding carboxylic acids is 1. The Kier molecular flexibility index (Phi) is 3.41. The molecule has 2 aromatic carbocycles. The molecule has 0 saturated carbocycles. The number of aromatic nitrogens is 3. The smallest absolute Gasteiger partial charge is 0.251 e. The number of benzene rings is 2. The Balaban J connectivity index is 1.61. The van der Waals surface area contributed by atoms with E-state index in [-0.39, 0.29) is 5.91 Å². The maximum absolute atomic E-state index is 12.0. The Morgan fingerprint density at radius 1 is 1.15 bits per heavy atom. The molecule has 5 heteroatoms. The zero-order valence-electron chi connectivity index (χ0n) is 10.8. The number of aromatic amines is 1. The minimum Gasteiger partial charge on any atom is -0.352 e. The van der Waals surface area contributed by atoms with Crippen molar-refractivity contribution in [2.45, 2.75) is 6.42 Å². The largest absolute Gasteiger partial charge is 0.352 e. The first-order valence-electron chi connectivity index (χ1n) is 6.46. The van der Waals surface area contributed by atoms with Gasteiger partial charge in [0.25, 0.3) is 5.91 Å². The van der Waals surface area contributed by atoms with E-state index < -0.39 is 0 Å². The fraction of sp³-hybridized carbons (Fsp3) is 0.133. The van der Waals surface area contributed by atoms with Crippen molar-refractivity contribution in [1.29, 1.82) is 0 Å². The Hall–Kier alpha value is -2.69. The number of fused-ring (bicyclic) bond motifs is 1. The number of carbonyl (C=O) groups is 1. The third-order valence-corrected chi connectivity index (χ3v) is 3.13. The highest BCUT2D eigenvalue weighted by atomic mass is 16.1. The first kappa shape index (κ1) is 12.3. The summed E-state index contributed by atoms with van der Waals surface area (Å²) in [5.41, 5.74) is 3.32. The average molecular weight is 266 g/mol. The van der Waals surface area contributed by atoms with Gasteiger partial charge in [-0.15, -0.1) is 5.10 Å². The summed E-state index contributed by atoms with van der Waals surface area (Å²) in [5.74, 6) is -0.0918. The zero-order chi connectivity index (χ0) is 13.8. The van der Waals surface area contributed by atoms with Crippen LogP contribution in [0.15, 0.2) is 48.5 Å². The Morgan fingerprint density at radius 3 is 2.85 bits per heavy atom. The maximum Gasteiger partial charge on any atom is 0.251 e. The van der Waals surface area contributed by atoms with Gasteiger partial charge in [0.05, 0.1) is 5.52 Å². The summed E-state index contributed by atoms with van der Waals surface area (Å²) in [6, 6.07) is 15.4. The molecule has 100 valence electrons. The summed E-state index contributed by atoms with van der Waals surface area (Å²) in [6.45, 7) is 0.611. The van der Waals surface area contributed by atoms with Crippen LogP contribution in [0.4, 0.5) is 0 Å². The molecule has 0 aliphatic heterocycles. The van der Waals surface area contributed by atoms with Gasteiger partial charge in [-0.2, -0.15) is 0 Å². The lowest BCUT2D eigenvalue weighted by Crippen LogP contribution is -2.25. The first-order valence-corrected chi connectivity index (χ1v) is 6.46. The molecule has 0 unspecified atom stereocenters. The van der Waals surface area contributed by atoms with Crippen molar-refractivity contribution in [1.82, 2.24) is 20.7 Å². The number of rotatable bonds is 4. The van der Waals surface area contributed by atoms with Gasteiger partial charge in [-0.1, -0.05) is 35.5 Å². The van der Waals surface area contributed by atoms with Gasteiger partial charge in [-0.3, -0.25) is 9.89 Å². The molecule has 0 bridgehead atoms. The van der Waals surface area contributed by atoms with Crippen molar-refractivity contribution in [2.24, 2.45) is 0 Å². The summed E-state index contributed by atoms with van der Waals surface area (Å²) in [7, 11) is 0. The predicted octanol–water partition coefficient (Wildman–Crippen LogP) is 1.93. The molecule has 0 atom stereocenters. The van der Waals surface area contributed by atoms with Crippen molar-refractivity contribution in [3.05, 3.63) is 59.7 Å². The number of nitrogens with one attached hydrogen (secondary N) is 2. The Morgan fingerprint density at radius 2 is 2.00 bits per heavy atom. The summed E-state index contributed by atoms with van der Waals surface area (Å²) < 4.78 is 0. The molecule has 5 nitrogen and oxygen atoms in total. The molecule has 0 spiro atoms. The normalized spacial score (nSPS) is 10.6. The highest BCUT2D eigenvalue weighted by molar-refractivity contribution is 5.97. The van der Waals surface area contributed by atoms with Crippen LogP contribution in [-0.4, -0.2) is 27.9 Å². The first-order chi connectivity index (χ1) is 9.83. The van der Waals surface area contributed by atoms with Gasteiger partial charge in [0.2, 0.25) is 0 Å². The number of hydrogen-bond donors (Lipinski definition) is 2. The summed E-state index contributed by atoms with van der Waals surface area (Å²) in [6.07, 6.45) is 0.818. The average Bonchev–Trinajstić information content (AvgIpc) is 2.95. The molecule has 2 N–H and O–H groups in total. The number of amides is 1. The quantitative estimate of drug-likeness (QED) is 0.758. The van der Waals surface area contributed by atoms with Crippen LogP contribution in [0.5, 0.6) is 0 Å². The number of H-pyrrole nitrogens is 1. The lowest BCUT2D eigenvalue weighted by atomic mass is 10.1. The van der Waals surface area contributed by atoms with E-state index >= 15 is 0 Å². The number of hydrogen-bond acceptors (Lipinski definition) is 3. The minimum absolute atomic E-state index is 0.0918. The van der Waals surface area contributed by atoms with Crippen LogP contribution in [0.25, 0.3) is 11.0 Å². The Bertz CT molecular complexity index is 721. The SMILES string of the molecule is O=C(NCCc1ccccc1)c1ccc2[nH]nnc2c1. The van der Waals surface area contributed by atoms with Crippen molar-refractivity contribution in [3.63, 3.8) is 0 Å². The second-order valence-corrected chi connectivity index (χ2v) is 4.54. The van der Waals surface area contributed by atoms with Crippen LogP contribution in [0, 0.1) is 0 Å². The highest BCUT2D eigenvalue weighted by Crippen LogP contribution is 2.10. The molecule has 0 saturated heterocycles. The van der Waals surface area contributed by atoms with E-state index in [4.69, 9.17) is 0 Å². The molecule has 1 heterocycles. The molecular weight excluding hydrogens is 252 g/mol. The fourth-order valence-electron chi connectivity index (χ4n) is 2.05. The van der Waals surface area contributed by atoms with Crippen molar-refractivity contribution in [2.75, 3.05) is 6.54 Å². The second-order valence-electron chi connectivity index (χ2n) is 4.54. The number of nitrogens with zero attached hydrogens (tertiary/aromatic N) is 2. The second kappa shape index (κ2) is 5.52. The van der Waals surface area contributed by atoms with Gasteiger partial charge in [-0.05, 0) is 30.2 Å². The van der Waals surface area contributed by atoms with Crippen LogP contribution < -0.4 is 5.32 Å². The van der Waals surface area contributed by atoms with Crippen LogP contribution >= 0.6 is 0 Å². The Labute approximate surface area is 116 Å². The molecule has 0 radical (unpaired) electrons. The predicted molar refractivity (Wildman–Crippen MR) is 76.4 cm³/mol. The topological polar surface area (TPSA) is 70.7 Å². The van der Waals surface area contributed by atoms with E-state index in [1.807, 2.05) is 30.3 Å². The van der Waals surface area contributed by atoms with Gasteiger partial charge in [-0.25, -0.2) is 0 Å². The summed E-state index contributed by atoms with van der Waals surface area (Å²) in [4.78, 5) is 12.0. The van der Waals surface area contributed by atoms with Crippen LogP contribution in [0.2, 0.25) is 0 Å². The zero-order valence-corrected chi connectivity index (χ0v) is 10.8. The minimum atomic E-state index is -0.0918. The van der Waals surface area contributed by atoms with Crippen molar-refractivity contribution < 1.29 is 4.79 Å². The molecule has 1 aromatic heterocycles. The fourth-order valence-corrected chi connectivity index (χ4v) is 2.05. The van der Waals surface area contributed by atoms with E-state index in [1.165, 1.54) is 5.56 Å². The molecule has 0 fully saturated rings. The summed E-state index contributed by atoms with van der Waals surface area (Å²) >= 11 is 0. The van der Waals surface area contributed by atoms with Gasteiger partial charge in [0.15, 0.2) is 0 Å². The monoisotopic (exact) mass is 266 g/mol.